The predicted octanol–water partition coefficient (Wildman–Crippen LogP) is 7.57. The van der Waals surface area contributed by atoms with E-state index in [9.17, 15) is 10.5 Å². The molecule has 0 spiro atoms. The molecule has 0 aliphatic carbocycles. The SMILES string of the molecule is N#Cc1ccc([Si](c2ccccc2)(c2ccccc2)c2ccccc2-c2ccc(-n3c4ccccc4c4cc(C#N)ccc43)cc2)cc1. The summed E-state index contributed by atoms with van der Waals surface area (Å²) in [6.45, 7) is 0. The fraction of sp³-hybridized carbons (Fsp3) is 0. The monoisotopic (exact) mass is 627 g/mol. The molecule has 48 heavy (non-hydrogen) atoms. The Bertz CT molecular complexity index is 2460. The van der Waals surface area contributed by atoms with E-state index in [1.807, 2.05) is 30.3 Å². The average molecular weight is 628 g/mol. The van der Waals surface area contributed by atoms with Crippen molar-refractivity contribution in [3.8, 4) is 29.0 Å². The van der Waals surface area contributed by atoms with Crippen molar-refractivity contribution in [2.24, 2.45) is 0 Å². The molecule has 0 unspecified atom stereocenters. The number of para-hydroxylation sites is 1. The lowest BCUT2D eigenvalue weighted by Gasteiger charge is -2.36. The molecule has 8 aromatic rings. The Morgan fingerprint density at radius 2 is 0.979 bits per heavy atom. The lowest BCUT2D eigenvalue weighted by atomic mass is 10.1. The molecule has 0 atom stereocenters. The summed E-state index contributed by atoms with van der Waals surface area (Å²) in [5.41, 5.74) is 6.88. The topological polar surface area (TPSA) is 52.5 Å². The van der Waals surface area contributed by atoms with Crippen molar-refractivity contribution in [1.82, 2.24) is 4.57 Å². The second-order valence-corrected chi connectivity index (χ2v) is 15.7. The van der Waals surface area contributed by atoms with E-state index >= 15 is 0 Å². The fourth-order valence-electron chi connectivity index (χ4n) is 7.31. The average Bonchev–Trinajstić information content (AvgIpc) is 3.50. The van der Waals surface area contributed by atoms with Gasteiger partial charge in [-0.2, -0.15) is 10.5 Å². The van der Waals surface area contributed by atoms with Crippen molar-refractivity contribution in [3.05, 3.63) is 187 Å². The van der Waals surface area contributed by atoms with Gasteiger partial charge >= 0.3 is 0 Å². The summed E-state index contributed by atoms with van der Waals surface area (Å²) in [5, 5.41) is 26.5. The second kappa shape index (κ2) is 12.0. The summed E-state index contributed by atoms with van der Waals surface area (Å²) >= 11 is 0. The summed E-state index contributed by atoms with van der Waals surface area (Å²) in [6.07, 6.45) is 0. The molecule has 0 bridgehead atoms. The Kier molecular flexibility index (Phi) is 7.27. The number of nitriles is 2. The minimum absolute atomic E-state index is 0.653. The minimum atomic E-state index is -2.85. The highest BCUT2D eigenvalue weighted by Crippen LogP contribution is 2.33. The fourth-order valence-corrected chi connectivity index (χ4v) is 12.3. The maximum Gasteiger partial charge on any atom is 0.180 e. The van der Waals surface area contributed by atoms with Crippen molar-refractivity contribution in [2.75, 3.05) is 0 Å². The van der Waals surface area contributed by atoms with E-state index in [2.05, 4.69) is 162 Å². The highest BCUT2D eigenvalue weighted by Gasteiger charge is 2.42. The Balaban J connectivity index is 1.35. The maximum atomic E-state index is 9.65. The summed E-state index contributed by atoms with van der Waals surface area (Å²) < 4.78 is 2.28. The summed E-state index contributed by atoms with van der Waals surface area (Å²) in [6, 6.07) is 66.5. The van der Waals surface area contributed by atoms with Crippen LogP contribution in [0, 0.1) is 22.7 Å². The van der Waals surface area contributed by atoms with Gasteiger partial charge in [-0.05, 0) is 80.4 Å². The molecule has 1 heterocycles. The molecule has 0 radical (unpaired) electrons. The Morgan fingerprint density at radius 3 is 1.65 bits per heavy atom. The van der Waals surface area contributed by atoms with E-state index in [4.69, 9.17) is 0 Å². The standard InChI is InChI=1S/C44H29N3Si/c45-30-32-19-26-38(27-20-32)48(36-11-3-1-4-12-36,37-13-5-2-6-14-37)44-18-10-8-15-39(44)34-22-24-35(25-23-34)47-42-17-9-7-16-40(42)41-29-33(31-46)21-28-43(41)47/h1-29H. The molecule has 0 amide bonds. The van der Waals surface area contributed by atoms with Crippen molar-refractivity contribution < 1.29 is 0 Å². The van der Waals surface area contributed by atoms with Crippen LogP contribution in [0.2, 0.25) is 0 Å². The molecule has 0 aliphatic rings. The van der Waals surface area contributed by atoms with Crippen molar-refractivity contribution in [3.63, 3.8) is 0 Å². The third-order valence-electron chi connectivity index (χ3n) is 9.43. The van der Waals surface area contributed by atoms with E-state index in [0.29, 0.717) is 11.1 Å². The number of aromatic nitrogens is 1. The first-order chi connectivity index (χ1) is 23.7. The largest absolute Gasteiger partial charge is 0.309 e. The van der Waals surface area contributed by atoms with E-state index in [1.54, 1.807) is 0 Å². The molecule has 4 heteroatoms. The van der Waals surface area contributed by atoms with Gasteiger partial charge in [-0.3, -0.25) is 0 Å². The van der Waals surface area contributed by atoms with Gasteiger partial charge in [-0.1, -0.05) is 127 Å². The van der Waals surface area contributed by atoms with Gasteiger partial charge in [0.25, 0.3) is 0 Å². The summed E-state index contributed by atoms with van der Waals surface area (Å²) in [5.74, 6) is 0. The van der Waals surface area contributed by atoms with E-state index in [1.165, 1.54) is 26.3 Å². The molecule has 7 aromatic carbocycles. The summed E-state index contributed by atoms with van der Waals surface area (Å²) in [7, 11) is -2.85. The first-order valence-corrected chi connectivity index (χ1v) is 18.0. The smallest absolute Gasteiger partial charge is 0.180 e. The van der Waals surface area contributed by atoms with Crippen molar-refractivity contribution in [1.29, 1.82) is 10.5 Å². The van der Waals surface area contributed by atoms with E-state index in [0.717, 1.165) is 33.1 Å². The van der Waals surface area contributed by atoms with E-state index in [-0.39, 0.29) is 0 Å². The van der Waals surface area contributed by atoms with Gasteiger partial charge in [0.15, 0.2) is 8.07 Å². The maximum absolute atomic E-state index is 9.65. The molecule has 0 N–H and O–H groups in total. The number of fused-ring (bicyclic) bond motifs is 3. The molecular formula is C44H29N3Si. The normalized spacial score (nSPS) is 11.3. The molecule has 0 fully saturated rings. The van der Waals surface area contributed by atoms with Crippen molar-refractivity contribution >= 4 is 50.6 Å². The van der Waals surface area contributed by atoms with Crippen LogP contribution in [0.4, 0.5) is 0 Å². The second-order valence-electron chi connectivity index (χ2n) is 12.0. The number of hydrogen-bond donors (Lipinski definition) is 0. The van der Waals surface area contributed by atoms with Gasteiger partial charge in [-0.25, -0.2) is 0 Å². The van der Waals surface area contributed by atoms with Crippen LogP contribution in [-0.2, 0) is 0 Å². The van der Waals surface area contributed by atoms with E-state index < -0.39 is 8.07 Å². The van der Waals surface area contributed by atoms with Gasteiger partial charge < -0.3 is 4.57 Å². The quantitative estimate of drug-likeness (QED) is 0.141. The number of hydrogen-bond acceptors (Lipinski definition) is 2. The number of benzene rings is 7. The van der Waals surface area contributed by atoms with Gasteiger partial charge in [0.05, 0.1) is 34.3 Å². The van der Waals surface area contributed by atoms with Gasteiger partial charge in [0.1, 0.15) is 0 Å². The van der Waals surface area contributed by atoms with Crippen LogP contribution in [0.5, 0.6) is 0 Å². The Labute approximate surface area is 280 Å². The number of rotatable bonds is 6. The first-order valence-electron chi connectivity index (χ1n) is 16.0. The zero-order chi connectivity index (χ0) is 32.5. The van der Waals surface area contributed by atoms with Crippen LogP contribution in [0.1, 0.15) is 11.1 Å². The number of nitrogens with zero attached hydrogens (tertiary/aromatic N) is 3. The van der Waals surface area contributed by atoms with Gasteiger partial charge in [0, 0.05) is 16.5 Å². The highest BCUT2D eigenvalue weighted by molar-refractivity contribution is 7.20. The lowest BCUT2D eigenvalue weighted by molar-refractivity contribution is 1.18. The summed E-state index contributed by atoms with van der Waals surface area (Å²) in [4.78, 5) is 0. The third kappa shape index (κ3) is 4.64. The molecule has 8 rings (SSSR count). The molecule has 0 saturated carbocycles. The van der Waals surface area contributed by atoms with Crippen LogP contribution in [0.3, 0.4) is 0 Å². The van der Waals surface area contributed by atoms with Gasteiger partial charge in [-0.15, -0.1) is 0 Å². The zero-order valence-corrected chi connectivity index (χ0v) is 27.1. The predicted molar refractivity (Wildman–Crippen MR) is 199 cm³/mol. The Hall–Kier alpha value is -6.46. The van der Waals surface area contributed by atoms with Crippen LogP contribution < -0.4 is 20.7 Å². The molecule has 0 saturated heterocycles. The van der Waals surface area contributed by atoms with Crippen LogP contribution in [-0.4, -0.2) is 12.6 Å². The molecule has 0 aliphatic heterocycles. The van der Waals surface area contributed by atoms with Crippen LogP contribution in [0.25, 0.3) is 38.6 Å². The highest BCUT2D eigenvalue weighted by atomic mass is 28.3. The molecular weight excluding hydrogens is 599 g/mol. The molecule has 224 valence electrons. The Morgan fingerprint density at radius 1 is 0.438 bits per heavy atom. The van der Waals surface area contributed by atoms with Crippen LogP contribution in [0.15, 0.2) is 176 Å². The molecule has 1 aromatic heterocycles. The van der Waals surface area contributed by atoms with Crippen molar-refractivity contribution in [2.45, 2.75) is 0 Å². The third-order valence-corrected chi connectivity index (χ3v) is 14.3. The van der Waals surface area contributed by atoms with Crippen LogP contribution >= 0.6 is 0 Å². The van der Waals surface area contributed by atoms with Gasteiger partial charge in [0.2, 0.25) is 0 Å². The molecule has 3 nitrogen and oxygen atoms in total. The first kappa shape index (κ1) is 29.0. The minimum Gasteiger partial charge on any atom is -0.309 e. The zero-order valence-electron chi connectivity index (χ0n) is 26.1. The lowest BCUT2D eigenvalue weighted by Crippen LogP contribution is -2.75.